The lowest BCUT2D eigenvalue weighted by molar-refractivity contribution is -0.693. The van der Waals surface area contributed by atoms with Crippen LogP contribution in [0.25, 0.3) is 0 Å². The zero-order valence-corrected chi connectivity index (χ0v) is 15.8. The van der Waals surface area contributed by atoms with Crippen molar-refractivity contribution in [2.75, 3.05) is 12.5 Å². The summed E-state index contributed by atoms with van der Waals surface area (Å²) in [6.07, 6.45) is 12.9. The SMILES string of the molecule is CSc1sc(SC)c(C[n+]2ccccc2)c1C[n+]1ccccc1. The Hall–Kier alpha value is -1.30. The van der Waals surface area contributed by atoms with Gasteiger partial charge in [0.05, 0.1) is 19.5 Å². The van der Waals surface area contributed by atoms with Gasteiger partial charge in [-0.25, -0.2) is 9.13 Å². The van der Waals surface area contributed by atoms with Gasteiger partial charge >= 0.3 is 0 Å². The minimum absolute atomic E-state index is 0.927. The van der Waals surface area contributed by atoms with Crippen LogP contribution in [0.3, 0.4) is 0 Å². The van der Waals surface area contributed by atoms with Crippen molar-refractivity contribution < 1.29 is 9.13 Å². The molecule has 3 aromatic heterocycles. The molecule has 3 rings (SSSR count). The van der Waals surface area contributed by atoms with E-state index in [0.717, 1.165) is 13.1 Å². The fourth-order valence-electron chi connectivity index (χ4n) is 2.55. The van der Waals surface area contributed by atoms with E-state index in [-0.39, 0.29) is 0 Å². The van der Waals surface area contributed by atoms with Crippen molar-refractivity contribution in [3.8, 4) is 0 Å². The van der Waals surface area contributed by atoms with E-state index in [9.17, 15) is 0 Å². The van der Waals surface area contributed by atoms with Crippen LogP contribution in [0.5, 0.6) is 0 Å². The molecular weight excluding hydrogens is 340 g/mol. The average molecular weight is 361 g/mol. The first kappa shape index (κ1) is 16.6. The third kappa shape index (κ3) is 3.97. The topological polar surface area (TPSA) is 7.76 Å². The fraction of sp³-hybridized carbons (Fsp3) is 0.222. The van der Waals surface area contributed by atoms with Crippen molar-refractivity contribution in [2.45, 2.75) is 21.5 Å². The zero-order valence-electron chi connectivity index (χ0n) is 13.3. The van der Waals surface area contributed by atoms with Crippen LogP contribution in [0.15, 0.2) is 69.6 Å². The van der Waals surface area contributed by atoms with E-state index >= 15 is 0 Å². The molecule has 0 amide bonds. The first-order valence-corrected chi connectivity index (χ1v) is 10.7. The Morgan fingerprint density at radius 3 is 1.43 bits per heavy atom. The summed E-state index contributed by atoms with van der Waals surface area (Å²) in [6.45, 7) is 1.85. The molecule has 0 atom stereocenters. The summed E-state index contributed by atoms with van der Waals surface area (Å²) in [5, 5.41) is 0. The van der Waals surface area contributed by atoms with Crippen molar-refractivity contribution in [3.63, 3.8) is 0 Å². The summed E-state index contributed by atoms with van der Waals surface area (Å²) >= 11 is 5.64. The molecule has 3 heterocycles. The van der Waals surface area contributed by atoms with Crippen molar-refractivity contribution in [1.82, 2.24) is 0 Å². The van der Waals surface area contributed by atoms with Gasteiger partial charge in [0.15, 0.2) is 37.9 Å². The predicted molar refractivity (Wildman–Crippen MR) is 99.4 cm³/mol. The highest BCUT2D eigenvalue weighted by atomic mass is 32.2. The van der Waals surface area contributed by atoms with Crippen LogP contribution in [0, 0.1) is 0 Å². The molecule has 0 aliphatic heterocycles. The largest absolute Gasteiger partial charge is 0.201 e. The Balaban J connectivity index is 2.00. The summed E-state index contributed by atoms with van der Waals surface area (Å²) in [5.74, 6) is 0. The molecule has 23 heavy (non-hydrogen) atoms. The van der Waals surface area contributed by atoms with Gasteiger partial charge < -0.3 is 0 Å². The quantitative estimate of drug-likeness (QED) is 0.487. The number of nitrogens with zero attached hydrogens (tertiary/aromatic N) is 2. The maximum atomic E-state index is 2.26. The summed E-state index contributed by atoms with van der Waals surface area (Å²) in [6, 6.07) is 12.5. The molecule has 3 aromatic rings. The van der Waals surface area contributed by atoms with Gasteiger partial charge in [0.1, 0.15) is 0 Å². The van der Waals surface area contributed by atoms with Gasteiger partial charge in [0.25, 0.3) is 0 Å². The van der Waals surface area contributed by atoms with Gasteiger partial charge in [-0.2, -0.15) is 0 Å². The van der Waals surface area contributed by atoms with Crippen LogP contribution >= 0.6 is 34.9 Å². The van der Waals surface area contributed by atoms with E-state index in [1.807, 2.05) is 34.9 Å². The van der Waals surface area contributed by atoms with Crippen molar-refractivity contribution in [2.24, 2.45) is 0 Å². The number of pyridine rings is 2. The molecule has 0 aliphatic rings. The number of aromatic nitrogens is 2. The average Bonchev–Trinajstić information content (AvgIpc) is 2.93. The Labute approximate surface area is 150 Å². The van der Waals surface area contributed by atoms with Gasteiger partial charge in [-0.05, 0) is 12.5 Å². The standard InChI is InChI=1S/C18H20N2S3/c1-21-17-15(13-19-9-5-3-6-10-19)16(18(22-2)23-17)14-20-11-7-4-8-12-20/h3-12H,13-14H2,1-2H3/q+2. The molecule has 2 nitrogen and oxygen atoms in total. The van der Waals surface area contributed by atoms with Crippen molar-refractivity contribution in [3.05, 3.63) is 72.3 Å². The molecule has 0 aliphatic carbocycles. The molecule has 0 fully saturated rings. The molecule has 0 bridgehead atoms. The molecule has 0 radical (unpaired) electrons. The highest BCUT2D eigenvalue weighted by Crippen LogP contribution is 2.39. The molecule has 0 saturated carbocycles. The molecule has 5 heteroatoms. The number of thioether (sulfide) groups is 2. The first-order valence-electron chi connectivity index (χ1n) is 7.42. The summed E-state index contributed by atoms with van der Waals surface area (Å²) < 4.78 is 7.37. The number of hydrogen-bond donors (Lipinski definition) is 0. The third-order valence-electron chi connectivity index (χ3n) is 3.65. The van der Waals surface area contributed by atoms with Crippen LogP contribution in [-0.2, 0) is 13.1 Å². The normalized spacial score (nSPS) is 10.9. The summed E-state index contributed by atoms with van der Waals surface area (Å²) in [5.41, 5.74) is 2.92. The third-order valence-corrected chi connectivity index (χ3v) is 7.25. The van der Waals surface area contributed by atoms with Crippen LogP contribution < -0.4 is 9.13 Å². The van der Waals surface area contributed by atoms with Crippen molar-refractivity contribution in [1.29, 1.82) is 0 Å². The second kappa shape index (κ2) is 7.99. The Kier molecular flexibility index (Phi) is 5.75. The lowest BCUT2D eigenvalue weighted by atomic mass is 10.2. The minimum Gasteiger partial charge on any atom is -0.201 e. The van der Waals surface area contributed by atoms with E-state index in [1.54, 1.807) is 0 Å². The summed E-state index contributed by atoms with van der Waals surface area (Å²) in [7, 11) is 0. The van der Waals surface area contributed by atoms with Gasteiger partial charge in [-0.1, -0.05) is 12.1 Å². The Morgan fingerprint density at radius 1 is 0.696 bits per heavy atom. The molecule has 0 N–H and O–H groups in total. The van der Waals surface area contributed by atoms with E-state index in [4.69, 9.17) is 0 Å². The van der Waals surface area contributed by atoms with E-state index in [1.165, 1.54) is 19.5 Å². The smallest absolute Gasteiger partial charge is 0.176 e. The first-order chi connectivity index (χ1) is 11.3. The van der Waals surface area contributed by atoms with Gasteiger partial charge in [-0.15, -0.1) is 34.9 Å². The maximum absolute atomic E-state index is 2.26. The monoisotopic (exact) mass is 360 g/mol. The van der Waals surface area contributed by atoms with Crippen LogP contribution in [-0.4, -0.2) is 12.5 Å². The molecular formula is C18H20N2S3+2. The molecule has 0 unspecified atom stereocenters. The Morgan fingerprint density at radius 2 is 1.09 bits per heavy atom. The molecule has 0 spiro atoms. The molecule has 118 valence electrons. The second-order valence-electron chi connectivity index (χ2n) is 5.14. The number of hydrogen-bond acceptors (Lipinski definition) is 3. The van der Waals surface area contributed by atoms with Crippen LogP contribution in [0.1, 0.15) is 11.1 Å². The van der Waals surface area contributed by atoms with Crippen LogP contribution in [0.2, 0.25) is 0 Å². The maximum Gasteiger partial charge on any atom is 0.176 e. The van der Waals surface area contributed by atoms with E-state index < -0.39 is 0 Å². The highest BCUT2D eigenvalue weighted by Gasteiger charge is 2.23. The van der Waals surface area contributed by atoms with E-state index in [0.29, 0.717) is 0 Å². The van der Waals surface area contributed by atoms with Crippen LogP contribution in [0.4, 0.5) is 0 Å². The van der Waals surface area contributed by atoms with Gasteiger partial charge in [0, 0.05) is 24.3 Å². The lowest BCUT2D eigenvalue weighted by Crippen LogP contribution is -2.36. The number of thiophene rings is 1. The zero-order chi connectivity index (χ0) is 16.1. The van der Waals surface area contributed by atoms with Gasteiger partial charge in [-0.3, -0.25) is 0 Å². The Bertz CT molecular complexity index is 691. The fourth-order valence-corrected chi connectivity index (χ4v) is 5.53. The molecule has 0 saturated heterocycles. The predicted octanol–water partition coefficient (Wildman–Crippen LogP) is 3.86. The summed E-state index contributed by atoms with van der Waals surface area (Å²) in [4.78, 5) is 0. The molecule has 0 aromatic carbocycles. The van der Waals surface area contributed by atoms with Crippen molar-refractivity contribution >= 4 is 34.9 Å². The van der Waals surface area contributed by atoms with Gasteiger partial charge in [0.2, 0.25) is 0 Å². The van der Waals surface area contributed by atoms with E-state index in [2.05, 4.69) is 82.8 Å². The minimum atomic E-state index is 0.927. The number of rotatable bonds is 6. The highest BCUT2D eigenvalue weighted by molar-refractivity contribution is 8.02. The lowest BCUT2D eigenvalue weighted by Gasteiger charge is -2.03. The second-order valence-corrected chi connectivity index (χ2v) is 8.31.